The third-order valence-electron chi connectivity index (χ3n) is 6.26. The van der Waals surface area contributed by atoms with E-state index in [9.17, 15) is 4.79 Å². The molecule has 0 unspecified atom stereocenters. The zero-order valence-corrected chi connectivity index (χ0v) is 19.5. The van der Waals surface area contributed by atoms with E-state index in [1.165, 1.54) is 16.7 Å². The Bertz CT molecular complexity index is 1560. The van der Waals surface area contributed by atoms with Crippen molar-refractivity contribution in [3.8, 4) is 17.1 Å². The van der Waals surface area contributed by atoms with Gasteiger partial charge in [0.15, 0.2) is 11.0 Å². The van der Waals surface area contributed by atoms with E-state index in [1.807, 2.05) is 18.2 Å². The van der Waals surface area contributed by atoms with Gasteiger partial charge in [-0.2, -0.15) is 0 Å². The number of rotatable bonds is 5. The zero-order valence-electron chi connectivity index (χ0n) is 18.7. The predicted octanol–water partition coefficient (Wildman–Crippen LogP) is 5.53. The second-order valence-electron chi connectivity index (χ2n) is 8.56. The lowest BCUT2D eigenvalue weighted by Crippen LogP contribution is -2.02. The summed E-state index contributed by atoms with van der Waals surface area (Å²) in [6, 6.07) is 18.0. The molecule has 0 fully saturated rings. The Morgan fingerprint density at radius 1 is 0.971 bits per heavy atom. The normalized spacial score (nSPS) is 12.9. The average Bonchev–Trinajstić information content (AvgIpc) is 3.49. The molecule has 3 heterocycles. The van der Waals surface area contributed by atoms with E-state index in [-0.39, 0.29) is 5.63 Å². The molecular weight excluding hydrogens is 444 g/mol. The molecule has 0 atom stereocenters. The topological polar surface area (TPSA) is 73.8 Å². The predicted molar refractivity (Wildman–Crippen MR) is 133 cm³/mol. The van der Waals surface area contributed by atoms with Gasteiger partial charge < -0.3 is 4.42 Å². The van der Waals surface area contributed by atoms with Crippen molar-refractivity contribution in [3.63, 3.8) is 0 Å². The van der Waals surface area contributed by atoms with Crippen LogP contribution in [0.2, 0.25) is 0 Å². The van der Waals surface area contributed by atoms with Gasteiger partial charge in [-0.25, -0.2) is 4.79 Å². The summed E-state index contributed by atoms with van der Waals surface area (Å²) in [6.07, 6.45) is 6.78. The molecule has 6 nitrogen and oxygen atoms in total. The minimum atomic E-state index is -0.321. The van der Waals surface area contributed by atoms with Gasteiger partial charge in [0.25, 0.3) is 0 Å². The second kappa shape index (κ2) is 8.57. The first kappa shape index (κ1) is 20.9. The zero-order chi connectivity index (χ0) is 23.1. The van der Waals surface area contributed by atoms with Crippen LogP contribution >= 0.6 is 11.8 Å². The summed E-state index contributed by atoms with van der Waals surface area (Å²) >= 11 is 1.56. The van der Waals surface area contributed by atoms with Crippen LogP contribution in [0.3, 0.4) is 0 Å². The molecule has 6 rings (SSSR count). The van der Waals surface area contributed by atoms with Crippen molar-refractivity contribution in [1.29, 1.82) is 0 Å². The standard InChI is InChI=1S/C27H22N4O2S/c1-17-5-7-22(8-6-17)31-26(18-9-11-28-12-10-18)29-30-27(31)34-16-21-15-25(32)33-24-14-20-4-2-3-19(20)13-23(21)24/h5-15H,2-4,16H2,1H3. The van der Waals surface area contributed by atoms with E-state index in [4.69, 9.17) is 4.42 Å². The lowest BCUT2D eigenvalue weighted by Gasteiger charge is -2.11. The second-order valence-corrected chi connectivity index (χ2v) is 9.51. The average molecular weight is 467 g/mol. The van der Waals surface area contributed by atoms with Crippen LogP contribution in [0.5, 0.6) is 0 Å². The van der Waals surface area contributed by atoms with Crippen molar-refractivity contribution in [2.45, 2.75) is 37.1 Å². The SMILES string of the molecule is Cc1ccc(-n2c(SCc3cc(=O)oc4cc5c(cc34)CCC5)nnc2-c2ccncc2)cc1. The van der Waals surface area contributed by atoms with Crippen LogP contribution in [0.4, 0.5) is 0 Å². The summed E-state index contributed by atoms with van der Waals surface area (Å²) in [5, 5.41) is 10.8. The van der Waals surface area contributed by atoms with Crippen LogP contribution in [0.15, 0.2) is 81.4 Å². The first-order valence-electron chi connectivity index (χ1n) is 11.3. The maximum atomic E-state index is 12.3. The maximum Gasteiger partial charge on any atom is 0.336 e. The van der Waals surface area contributed by atoms with E-state index < -0.39 is 0 Å². The van der Waals surface area contributed by atoms with Crippen LogP contribution in [-0.4, -0.2) is 19.7 Å². The molecule has 168 valence electrons. The quantitative estimate of drug-likeness (QED) is 0.251. The molecule has 7 heteroatoms. The van der Waals surface area contributed by atoms with Gasteiger partial charge in [-0.1, -0.05) is 29.5 Å². The number of nitrogens with zero attached hydrogens (tertiary/aromatic N) is 4. The van der Waals surface area contributed by atoms with E-state index in [1.54, 1.807) is 30.2 Å². The summed E-state index contributed by atoms with van der Waals surface area (Å²) in [4.78, 5) is 16.4. The first-order chi connectivity index (χ1) is 16.7. The fraction of sp³-hybridized carbons (Fsp3) is 0.185. The maximum absolute atomic E-state index is 12.3. The molecule has 0 amide bonds. The summed E-state index contributed by atoms with van der Waals surface area (Å²) < 4.78 is 7.60. The number of aromatic nitrogens is 4. The van der Waals surface area contributed by atoms with Crippen molar-refractivity contribution in [2.75, 3.05) is 0 Å². The summed E-state index contributed by atoms with van der Waals surface area (Å²) in [7, 11) is 0. The minimum Gasteiger partial charge on any atom is -0.423 e. The largest absolute Gasteiger partial charge is 0.423 e. The van der Waals surface area contributed by atoms with Gasteiger partial charge in [0.2, 0.25) is 0 Å². The molecule has 0 N–H and O–H groups in total. The summed E-state index contributed by atoms with van der Waals surface area (Å²) in [5.41, 5.74) is 7.06. The third-order valence-corrected chi connectivity index (χ3v) is 7.24. The molecule has 34 heavy (non-hydrogen) atoms. The number of pyridine rings is 1. The van der Waals surface area contributed by atoms with Crippen LogP contribution < -0.4 is 5.63 Å². The molecule has 1 aliphatic rings. The lowest BCUT2D eigenvalue weighted by atomic mass is 10.0. The Kier molecular flexibility index (Phi) is 5.26. The highest BCUT2D eigenvalue weighted by Gasteiger charge is 2.19. The van der Waals surface area contributed by atoms with Gasteiger partial charge in [0.1, 0.15) is 5.58 Å². The van der Waals surface area contributed by atoms with Gasteiger partial charge in [0.05, 0.1) is 0 Å². The molecule has 5 aromatic rings. The fourth-order valence-electron chi connectivity index (χ4n) is 4.53. The van der Waals surface area contributed by atoms with Crippen molar-refractivity contribution in [3.05, 3.63) is 99.7 Å². The van der Waals surface area contributed by atoms with E-state index in [0.717, 1.165) is 52.4 Å². The Morgan fingerprint density at radius 2 is 1.74 bits per heavy atom. The van der Waals surface area contributed by atoms with Crippen molar-refractivity contribution in [1.82, 2.24) is 19.7 Å². The van der Waals surface area contributed by atoms with Gasteiger partial charge in [0, 0.05) is 40.8 Å². The first-order valence-corrected chi connectivity index (χ1v) is 12.3. The Morgan fingerprint density at radius 3 is 2.53 bits per heavy atom. The highest BCUT2D eigenvalue weighted by Crippen LogP contribution is 2.33. The smallest absolute Gasteiger partial charge is 0.336 e. The highest BCUT2D eigenvalue weighted by molar-refractivity contribution is 7.98. The van der Waals surface area contributed by atoms with Gasteiger partial charge in [-0.3, -0.25) is 9.55 Å². The number of benzene rings is 2. The Hall–Kier alpha value is -3.71. The van der Waals surface area contributed by atoms with Gasteiger partial charge >= 0.3 is 5.63 Å². The van der Waals surface area contributed by atoms with Crippen LogP contribution in [0.25, 0.3) is 28.0 Å². The monoisotopic (exact) mass is 466 g/mol. The van der Waals surface area contributed by atoms with E-state index >= 15 is 0 Å². The number of hydrogen-bond donors (Lipinski definition) is 0. The molecular formula is C27H22N4O2S. The van der Waals surface area contributed by atoms with Crippen molar-refractivity contribution >= 4 is 22.7 Å². The molecule has 0 saturated heterocycles. The van der Waals surface area contributed by atoms with Crippen LogP contribution in [0, 0.1) is 6.92 Å². The van der Waals surface area contributed by atoms with Gasteiger partial charge in [-0.15, -0.1) is 10.2 Å². The van der Waals surface area contributed by atoms with E-state index in [0.29, 0.717) is 11.3 Å². The molecule has 0 bridgehead atoms. The molecule has 2 aromatic carbocycles. The molecule has 0 radical (unpaired) electrons. The lowest BCUT2D eigenvalue weighted by molar-refractivity contribution is 0.559. The molecule has 0 aliphatic heterocycles. The summed E-state index contributed by atoms with van der Waals surface area (Å²) in [6.45, 7) is 2.07. The molecule has 0 saturated carbocycles. The van der Waals surface area contributed by atoms with Gasteiger partial charge in [-0.05, 0) is 79.3 Å². The molecule has 0 spiro atoms. The van der Waals surface area contributed by atoms with Crippen molar-refractivity contribution in [2.24, 2.45) is 0 Å². The number of aryl methyl sites for hydroxylation is 3. The molecule has 3 aromatic heterocycles. The Labute approximate surface area is 200 Å². The minimum absolute atomic E-state index is 0.321. The third kappa shape index (κ3) is 3.82. The van der Waals surface area contributed by atoms with Crippen LogP contribution in [-0.2, 0) is 18.6 Å². The summed E-state index contributed by atoms with van der Waals surface area (Å²) in [5.74, 6) is 1.34. The number of thioether (sulfide) groups is 1. The number of hydrogen-bond acceptors (Lipinski definition) is 6. The number of fused-ring (bicyclic) bond motifs is 2. The van der Waals surface area contributed by atoms with E-state index in [2.05, 4.69) is 57.0 Å². The highest BCUT2D eigenvalue weighted by atomic mass is 32.2. The Balaban J connectivity index is 1.41. The van der Waals surface area contributed by atoms with Crippen LogP contribution in [0.1, 0.15) is 28.7 Å². The molecule has 1 aliphatic carbocycles. The van der Waals surface area contributed by atoms with Crippen molar-refractivity contribution < 1.29 is 4.42 Å². The fourth-order valence-corrected chi connectivity index (χ4v) is 5.48.